The van der Waals surface area contributed by atoms with Crippen molar-refractivity contribution in [3.8, 4) is 0 Å². The molecule has 0 unspecified atom stereocenters. The van der Waals surface area contributed by atoms with Crippen molar-refractivity contribution in [2.75, 3.05) is 19.0 Å². The van der Waals surface area contributed by atoms with Crippen molar-refractivity contribution in [2.45, 2.75) is 13.1 Å². The third-order valence-electron chi connectivity index (χ3n) is 3.38. The van der Waals surface area contributed by atoms with E-state index in [1.807, 2.05) is 7.05 Å². The Morgan fingerprint density at radius 2 is 2.10 bits per heavy atom. The van der Waals surface area contributed by atoms with Gasteiger partial charge in [0.05, 0.1) is 5.69 Å². The number of anilines is 1. The number of nitrogens with one attached hydrogen (secondary N) is 1. The molecule has 0 aliphatic rings. The normalized spacial score (nSPS) is 11.2. The first-order chi connectivity index (χ1) is 10.2. The number of nitrogens with zero attached hydrogens (tertiary/aromatic N) is 3. The summed E-state index contributed by atoms with van der Waals surface area (Å²) < 4.78 is 3.27. The highest BCUT2D eigenvalue weighted by Gasteiger charge is 2.16. The van der Waals surface area contributed by atoms with Crippen LogP contribution in [-0.4, -0.2) is 23.5 Å². The summed E-state index contributed by atoms with van der Waals surface area (Å²) in [6, 6.07) is 8.42. The molecule has 2 aromatic heterocycles. The number of fused-ring (bicyclic) bond motifs is 1. The van der Waals surface area contributed by atoms with E-state index in [4.69, 9.17) is 4.98 Å². The molecule has 0 bridgehead atoms. The average Bonchev–Trinajstić information content (AvgIpc) is 3.04. The summed E-state index contributed by atoms with van der Waals surface area (Å²) in [5.41, 5.74) is 2.47. The van der Waals surface area contributed by atoms with Crippen LogP contribution in [0.2, 0.25) is 0 Å². The molecule has 0 fully saturated rings. The predicted octanol–water partition coefficient (Wildman–Crippen LogP) is 3.51. The maximum atomic E-state index is 4.76. The van der Waals surface area contributed by atoms with Crippen molar-refractivity contribution in [3.63, 3.8) is 0 Å². The molecule has 1 N–H and O–H groups in total. The number of hydrogen-bond acceptors (Lipinski definition) is 4. The number of thiazole rings is 1. The van der Waals surface area contributed by atoms with Crippen LogP contribution in [-0.2, 0) is 13.1 Å². The van der Waals surface area contributed by atoms with E-state index in [-0.39, 0.29) is 0 Å². The maximum absolute atomic E-state index is 4.76. The lowest BCUT2D eigenvalue weighted by Gasteiger charge is -2.18. The van der Waals surface area contributed by atoms with Crippen LogP contribution >= 0.6 is 27.3 Å². The monoisotopic (exact) mass is 364 g/mol. The molecule has 0 aliphatic heterocycles. The van der Waals surface area contributed by atoms with Crippen LogP contribution in [0.3, 0.4) is 0 Å². The zero-order valence-corrected chi connectivity index (χ0v) is 14.4. The van der Waals surface area contributed by atoms with Crippen molar-refractivity contribution in [1.82, 2.24) is 14.7 Å². The smallest absolute Gasteiger partial charge is 0.195 e. The van der Waals surface area contributed by atoms with Crippen molar-refractivity contribution in [3.05, 3.63) is 51.6 Å². The topological polar surface area (TPSA) is 32.6 Å². The molecule has 4 nitrogen and oxygen atoms in total. The van der Waals surface area contributed by atoms with Crippen LogP contribution in [0.25, 0.3) is 4.96 Å². The molecule has 0 radical (unpaired) electrons. The van der Waals surface area contributed by atoms with Gasteiger partial charge in [-0.2, -0.15) is 0 Å². The van der Waals surface area contributed by atoms with Crippen LogP contribution < -0.4 is 10.2 Å². The van der Waals surface area contributed by atoms with Gasteiger partial charge in [0, 0.05) is 36.2 Å². The zero-order chi connectivity index (χ0) is 14.8. The number of halogens is 1. The van der Waals surface area contributed by atoms with E-state index >= 15 is 0 Å². The second-order valence-electron chi connectivity index (χ2n) is 4.95. The number of benzene rings is 1. The standard InChI is InChI=1S/C15H17BrN4S/c1-17-9-13-14(18-15-20(13)7-8-21-15)19(2)10-11-3-5-12(16)6-4-11/h3-8,17H,9-10H2,1-2H3. The SMILES string of the molecule is CNCc1c(N(C)Cc2ccc(Br)cc2)nc2sccn12. The van der Waals surface area contributed by atoms with Crippen molar-refractivity contribution in [2.24, 2.45) is 0 Å². The van der Waals surface area contributed by atoms with Crippen LogP contribution in [0.15, 0.2) is 40.3 Å². The first-order valence-corrected chi connectivity index (χ1v) is 8.41. The van der Waals surface area contributed by atoms with Crippen LogP contribution in [0.4, 0.5) is 5.82 Å². The Morgan fingerprint density at radius 1 is 1.33 bits per heavy atom. The van der Waals surface area contributed by atoms with Gasteiger partial charge in [0.25, 0.3) is 0 Å². The summed E-state index contributed by atoms with van der Waals surface area (Å²) in [5.74, 6) is 1.04. The summed E-state index contributed by atoms with van der Waals surface area (Å²) in [6.45, 7) is 1.65. The van der Waals surface area contributed by atoms with Crippen LogP contribution in [0, 0.1) is 0 Å². The Morgan fingerprint density at radius 3 is 2.81 bits per heavy atom. The van der Waals surface area contributed by atoms with Gasteiger partial charge in [0.1, 0.15) is 0 Å². The Kier molecular flexibility index (Phi) is 4.28. The molecule has 2 heterocycles. The minimum atomic E-state index is 0.803. The number of aromatic nitrogens is 2. The molecule has 0 saturated heterocycles. The molecule has 3 aromatic rings. The van der Waals surface area contributed by atoms with Gasteiger partial charge < -0.3 is 10.2 Å². The first-order valence-electron chi connectivity index (χ1n) is 6.73. The third kappa shape index (κ3) is 2.97. The van der Waals surface area contributed by atoms with Crippen molar-refractivity contribution >= 4 is 38.0 Å². The van der Waals surface area contributed by atoms with E-state index in [1.54, 1.807) is 11.3 Å². The second-order valence-corrected chi connectivity index (χ2v) is 6.74. The lowest BCUT2D eigenvalue weighted by atomic mass is 10.2. The van der Waals surface area contributed by atoms with E-state index in [1.165, 1.54) is 11.3 Å². The highest BCUT2D eigenvalue weighted by molar-refractivity contribution is 9.10. The molecule has 3 rings (SSSR count). The number of hydrogen-bond donors (Lipinski definition) is 1. The molecule has 6 heteroatoms. The fraction of sp³-hybridized carbons (Fsp3) is 0.267. The van der Waals surface area contributed by atoms with E-state index in [2.05, 4.69) is 73.4 Å². The van der Waals surface area contributed by atoms with Gasteiger partial charge in [-0.15, -0.1) is 11.3 Å². The Labute approximate surface area is 136 Å². The summed E-state index contributed by atoms with van der Waals surface area (Å²) in [4.78, 5) is 8.01. The van der Waals surface area contributed by atoms with Gasteiger partial charge in [-0.25, -0.2) is 4.98 Å². The fourth-order valence-corrected chi connectivity index (χ4v) is 3.39. The largest absolute Gasteiger partial charge is 0.354 e. The minimum Gasteiger partial charge on any atom is -0.354 e. The van der Waals surface area contributed by atoms with E-state index in [0.29, 0.717) is 0 Å². The number of imidazole rings is 1. The van der Waals surface area contributed by atoms with Gasteiger partial charge in [-0.05, 0) is 24.7 Å². The lowest BCUT2D eigenvalue weighted by Crippen LogP contribution is -2.20. The second kappa shape index (κ2) is 6.17. The molecule has 0 saturated carbocycles. The summed E-state index contributed by atoms with van der Waals surface area (Å²) in [7, 11) is 4.05. The summed E-state index contributed by atoms with van der Waals surface area (Å²) in [6.07, 6.45) is 2.08. The van der Waals surface area contributed by atoms with Gasteiger partial charge >= 0.3 is 0 Å². The molecule has 110 valence electrons. The average molecular weight is 365 g/mol. The summed E-state index contributed by atoms with van der Waals surface area (Å²) >= 11 is 5.14. The Balaban J connectivity index is 1.89. The highest BCUT2D eigenvalue weighted by atomic mass is 79.9. The van der Waals surface area contributed by atoms with E-state index < -0.39 is 0 Å². The molecule has 0 amide bonds. The van der Waals surface area contributed by atoms with E-state index in [9.17, 15) is 0 Å². The summed E-state index contributed by atoms with van der Waals surface area (Å²) in [5, 5.41) is 5.30. The van der Waals surface area contributed by atoms with Gasteiger partial charge in [0.15, 0.2) is 10.8 Å². The molecule has 0 aliphatic carbocycles. The zero-order valence-electron chi connectivity index (χ0n) is 12.0. The first kappa shape index (κ1) is 14.6. The van der Waals surface area contributed by atoms with Crippen molar-refractivity contribution < 1.29 is 0 Å². The molecule has 21 heavy (non-hydrogen) atoms. The van der Waals surface area contributed by atoms with Gasteiger partial charge in [0.2, 0.25) is 0 Å². The third-order valence-corrected chi connectivity index (χ3v) is 4.66. The lowest BCUT2D eigenvalue weighted by molar-refractivity contribution is 0.772. The Hall–Kier alpha value is -1.37. The van der Waals surface area contributed by atoms with E-state index in [0.717, 1.165) is 28.3 Å². The number of rotatable bonds is 5. The van der Waals surface area contributed by atoms with Crippen LogP contribution in [0.1, 0.15) is 11.3 Å². The minimum absolute atomic E-state index is 0.803. The molecule has 0 spiro atoms. The van der Waals surface area contributed by atoms with Crippen LogP contribution in [0.5, 0.6) is 0 Å². The molecule has 0 atom stereocenters. The Bertz CT molecular complexity index is 732. The molecular weight excluding hydrogens is 348 g/mol. The van der Waals surface area contributed by atoms with Crippen molar-refractivity contribution in [1.29, 1.82) is 0 Å². The molecule has 1 aromatic carbocycles. The van der Waals surface area contributed by atoms with Gasteiger partial charge in [-0.1, -0.05) is 28.1 Å². The predicted molar refractivity (Wildman–Crippen MR) is 92.1 cm³/mol. The fourth-order valence-electron chi connectivity index (χ4n) is 2.40. The highest BCUT2D eigenvalue weighted by Crippen LogP contribution is 2.25. The van der Waals surface area contributed by atoms with Gasteiger partial charge in [-0.3, -0.25) is 4.40 Å². The maximum Gasteiger partial charge on any atom is 0.195 e. The molecular formula is C15H17BrN4S. The quantitative estimate of drug-likeness (QED) is 0.751.